The number of hydrogen-bond donors (Lipinski definition) is 0. The van der Waals surface area contributed by atoms with E-state index in [0.29, 0.717) is 11.8 Å². The normalized spacial score (nSPS) is 19.2. The lowest BCUT2D eigenvalue weighted by atomic mass is 9.72. The molecular weight excluding hydrogens is 807 g/mol. The second-order valence-corrected chi connectivity index (χ2v) is 22.1. The Kier molecular flexibility index (Phi) is 12.1. The van der Waals surface area contributed by atoms with Gasteiger partial charge >= 0.3 is 0 Å². The van der Waals surface area contributed by atoms with Crippen LogP contribution in [-0.4, -0.2) is 0 Å². The second kappa shape index (κ2) is 18.4. The van der Waals surface area contributed by atoms with E-state index in [1.165, 1.54) is 163 Å². The van der Waals surface area contributed by atoms with E-state index in [0.717, 1.165) is 5.92 Å². The van der Waals surface area contributed by atoms with E-state index in [9.17, 15) is 0 Å². The van der Waals surface area contributed by atoms with Crippen LogP contribution in [0.15, 0.2) is 158 Å². The van der Waals surface area contributed by atoms with Gasteiger partial charge in [-0.3, -0.25) is 0 Å². The van der Waals surface area contributed by atoms with Gasteiger partial charge in [0.1, 0.15) is 0 Å². The maximum atomic E-state index is 2.75. The second-order valence-electron chi connectivity index (χ2n) is 22.1. The van der Waals surface area contributed by atoms with Crippen molar-refractivity contribution in [1.29, 1.82) is 0 Å². The Morgan fingerprint density at radius 1 is 0.433 bits per heavy atom. The van der Waals surface area contributed by atoms with Crippen molar-refractivity contribution in [3.05, 3.63) is 197 Å². The molecule has 4 aliphatic carbocycles. The average Bonchev–Trinajstić information content (AvgIpc) is 3.65. The van der Waals surface area contributed by atoms with Gasteiger partial charge in [0.2, 0.25) is 0 Å². The number of hydrogen-bond acceptors (Lipinski definition) is 1. The van der Waals surface area contributed by atoms with Crippen LogP contribution in [-0.2, 0) is 10.8 Å². The Labute approximate surface area is 402 Å². The molecule has 3 saturated carbocycles. The Hall–Kier alpha value is -5.66. The molecule has 0 spiro atoms. The van der Waals surface area contributed by atoms with E-state index in [-0.39, 0.29) is 10.8 Å². The topological polar surface area (TPSA) is 3.24 Å². The first-order valence-electron chi connectivity index (χ1n) is 26.3. The molecule has 1 atom stereocenters. The SMILES string of the molecule is CC(C)(C)c1ccc(C2(C)c3ccccc3-c3ccc(N(c4ccc(-c5c(C6CCCCC6)cc(C6CCCCC6)cc5C5CCCCC5)cc4)c4ccccc4-c4ccccc4)cc32)cc1. The van der Waals surface area contributed by atoms with E-state index >= 15 is 0 Å². The minimum atomic E-state index is -0.318. The van der Waals surface area contributed by atoms with Crippen molar-refractivity contribution < 1.29 is 0 Å². The lowest BCUT2D eigenvalue weighted by Gasteiger charge is -2.33. The first kappa shape index (κ1) is 43.9. The van der Waals surface area contributed by atoms with E-state index < -0.39 is 0 Å². The maximum Gasteiger partial charge on any atom is 0.0540 e. The molecule has 7 aromatic rings. The van der Waals surface area contributed by atoms with Gasteiger partial charge in [0.25, 0.3) is 0 Å². The monoisotopic (exact) mass is 878 g/mol. The quantitative estimate of drug-likeness (QED) is 0.140. The van der Waals surface area contributed by atoms with Gasteiger partial charge in [-0.2, -0.15) is 0 Å². The summed E-state index contributed by atoms with van der Waals surface area (Å²) < 4.78 is 0. The van der Waals surface area contributed by atoms with Crippen molar-refractivity contribution in [2.75, 3.05) is 4.90 Å². The third kappa shape index (κ3) is 8.30. The van der Waals surface area contributed by atoms with Crippen LogP contribution in [0.25, 0.3) is 33.4 Å². The highest BCUT2D eigenvalue weighted by Crippen LogP contribution is 2.55. The minimum absolute atomic E-state index is 0.0908. The van der Waals surface area contributed by atoms with Crippen LogP contribution in [0.3, 0.4) is 0 Å². The number of para-hydroxylation sites is 1. The highest BCUT2D eigenvalue weighted by molar-refractivity contribution is 5.91. The predicted octanol–water partition coefficient (Wildman–Crippen LogP) is 19.3. The molecule has 340 valence electrons. The standard InChI is InChI=1S/C66H71N/c1-65(2,3)52-35-37-53(38-36-52)66(4)61-31-19-17-30-57(61)58-42-41-55(45-62(58)66)67(63-32-20-18-29-56(63)47-23-11-6-12-24-47)54-39-33-50(34-40-54)64-59(48-25-13-7-14-26-48)43-51(46-21-9-5-10-22-46)44-60(64)49-27-15-8-16-28-49/h6,11-12,17-20,23-24,29-46,48-49H,5,7-10,13-16,21-22,25-28H2,1-4H3. The summed E-state index contributed by atoms with van der Waals surface area (Å²) in [7, 11) is 0. The van der Waals surface area contributed by atoms with Crippen LogP contribution < -0.4 is 4.90 Å². The lowest BCUT2D eigenvalue weighted by molar-refractivity contribution is 0.428. The zero-order valence-electron chi connectivity index (χ0n) is 40.8. The molecule has 4 aliphatic rings. The first-order chi connectivity index (χ1) is 32.8. The van der Waals surface area contributed by atoms with Gasteiger partial charge in [-0.1, -0.05) is 206 Å². The maximum absolute atomic E-state index is 2.75. The Bertz CT molecular complexity index is 2780. The molecule has 11 rings (SSSR count). The summed E-state index contributed by atoms with van der Waals surface area (Å²) in [5.41, 5.74) is 21.9. The van der Waals surface area contributed by atoms with E-state index in [1.807, 2.05) is 0 Å². The van der Waals surface area contributed by atoms with Gasteiger partial charge in [0.15, 0.2) is 0 Å². The van der Waals surface area contributed by atoms with Crippen molar-refractivity contribution in [1.82, 2.24) is 0 Å². The molecule has 0 aromatic heterocycles. The summed E-state index contributed by atoms with van der Waals surface area (Å²) >= 11 is 0. The molecular formula is C66H71N. The molecule has 0 bridgehead atoms. The minimum Gasteiger partial charge on any atom is -0.310 e. The third-order valence-electron chi connectivity index (χ3n) is 16.9. The smallest absolute Gasteiger partial charge is 0.0540 e. The Morgan fingerprint density at radius 3 is 1.57 bits per heavy atom. The van der Waals surface area contributed by atoms with Crippen molar-refractivity contribution in [2.45, 2.75) is 153 Å². The summed E-state index contributed by atoms with van der Waals surface area (Å²) in [6.07, 6.45) is 20.4. The average molecular weight is 878 g/mol. The molecule has 1 unspecified atom stereocenters. The van der Waals surface area contributed by atoms with E-state index in [2.05, 4.69) is 190 Å². The highest BCUT2D eigenvalue weighted by atomic mass is 15.1. The number of fused-ring (bicyclic) bond motifs is 3. The van der Waals surface area contributed by atoms with Crippen LogP contribution in [0.1, 0.15) is 181 Å². The van der Waals surface area contributed by atoms with Crippen LogP contribution in [0, 0.1) is 0 Å². The summed E-state index contributed by atoms with van der Waals surface area (Å²) in [6.45, 7) is 9.38. The zero-order chi connectivity index (χ0) is 45.5. The summed E-state index contributed by atoms with van der Waals surface area (Å²) in [6, 6.07) is 61.4. The van der Waals surface area contributed by atoms with Gasteiger partial charge in [-0.25, -0.2) is 0 Å². The first-order valence-corrected chi connectivity index (χ1v) is 26.3. The molecule has 3 fully saturated rings. The summed E-state index contributed by atoms with van der Waals surface area (Å²) in [5, 5.41) is 0. The predicted molar refractivity (Wildman–Crippen MR) is 286 cm³/mol. The lowest BCUT2D eigenvalue weighted by Crippen LogP contribution is -2.23. The molecule has 67 heavy (non-hydrogen) atoms. The number of rotatable bonds is 9. The fourth-order valence-corrected chi connectivity index (χ4v) is 13.2. The molecule has 0 aliphatic heterocycles. The zero-order valence-corrected chi connectivity index (χ0v) is 40.8. The number of anilines is 3. The molecule has 0 radical (unpaired) electrons. The molecule has 0 N–H and O–H groups in total. The van der Waals surface area contributed by atoms with Gasteiger partial charge in [-0.15, -0.1) is 0 Å². The van der Waals surface area contributed by atoms with Gasteiger partial charge < -0.3 is 4.90 Å². The van der Waals surface area contributed by atoms with Gasteiger partial charge in [0.05, 0.1) is 5.69 Å². The molecule has 1 heteroatoms. The number of nitrogens with zero attached hydrogens (tertiary/aromatic N) is 1. The Balaban J connectivity index is 1.08. The molecule has 0 amide bonds. The Morgan fingerprint density at radius 2 is 0.955 bits per heavy atom. The van der Waals surface area contributed by atoms with Crippen LogP contribution >= 0.6 is 0 Å². The van der Waals surface area contributed by atoms with Crippen molar-refractivity contribution >= 4 is 17.1 Å². The third-order valence-corrected chi connectivity index (χ3v) is 16.9. The summed E-state index contributed by atoms with van der Waals surface area (Å²) in [5.74, 6) is 2.02. The van der Waals surface area contributed by atoms with Crippen molar-refractivity contribution in [2.24, 2.45) is 0 Å². The number of benzene rings is 7. The van der Waals surface area contributed by atoms with Crippen molar-refractivity contribution in [3.8, 4) is 33.4 Å². The van der Waals surface area contributed by atoms with Crippen LogP contribution in [0.2, 0.25) is 0 Å². The molecule has 0 saturated heterocycles. The largest absolute Gasteiger partial charge is 0.310 e. The van der Waals surface area contributed by atoms with Gasteiger partial charge in [-0.05, 0) is 166 Å². The fourth-order valence-electron chi connectivity index (χ4n) is 13.2. The molecule has 0 heterocycles. The van der Waals surface area contributed by atoms with Crippen molar-refractivity contribution in [3.63, 3.8) is 0 Å². The van der Waals surface area contributed by atoms with Crippen LogP contribution in [0.5, 0.6) is 0 Å². The van der Waals surface area contributed by atoms with Gasteiger partial charge in [0, 0.05) is 22.4 Å². The fraction of sp³-hybridized carbons (Fsp3) is 0.364. The van der Waals surface area contributed by atoms with E-state index in [1.54, 1.807) is 22.3 Å². The molecule has 7 aromatic carbocycles. The summed E-state index contributed by atoms with van der Waals surface area (Å²) in [4.78, 5) is 2.55. The highest BCUT2D eigenvalue weighted by Gasteiger charge is 2.41. The van der Waals surface area contributed by atoms with Crippen LogP contribution in [0.4, 0.5) is 17.1 Å². The van der Waals surface area contributed by atoms with E-state index in [4.69, 9.17) is 0 Å². The molecule has 1 nitrogen and oxygen atoms in total.